The van der Waals surface area contributed by atoms with Gasteiger partial charge in [0.15, 0.2) is 5.96 Å². The molecule has 2 rings (SSSR count). The zero-order chi connectivity index (χ0) is 18.2. The normalized spacial score (nSPS) is 16.7. The summed E-state index contributed by atoms with van der Waals surface area (Å²) >= 11 is 0. The number of aliphatic imine (C=N–C) groups is 1. The molecule has 1 saturated heterocycles. The highest BCUT2D eigenvalue weighted by Gasteiger charge is 2.21. The minimum atomic E-state index is 0. The summed E-state index contributed by atoms with van der Waals surface area (Å²) in [5.41, 5.74) is 2.69. The first-order valence-electron chi connectivity index (χ1n) is 9.42. The smallest absolute Gasteiger partial charge is 0.191 e. The van der Waals surface area contributed by atoms with E-state index in [-0.39, 0.29) is 24.0 Å². The Morgan fingerprint density at radius 2 is 1.81 bits per heavy atom. The fourth-order valence-corrected chi connectivity index (χ4v) is 3.35. The highest BCUT2D eigenvalue weighted by Crippen LogP contribution is 2.13. The molecule has 0 bridgehead atoms. The lowest BCUT2D eigenvalue weighted by atomic mass is 10.0. The van der Waals surface area contributed by atoms with E-state index in [4.69, 9.17) is 0 Å². The van der Waals surface area contributed by atoms with Crippen molar-refractivity contribution in [3.05, 3.63) is 35.4 Å². The Morgan fingerprint density at radius 3 is 2.35 bits per heavy atom. The predicted molar refractivity (Wildman–Crippen MR) is 122 cm³/mol. The number of guanidine groups is 1. The summed E-state index contributed by atoms with van der Waals surface area (Å²) in [5.74, 6) is 0.905. The van der Waals surface area contributed by atoms with Gasteiger partial charge in [-0.15, -0.1) is 24.0 Å². The summed E-state index contributed by atoms with van der Waals surface area (Å²) in [6.45, 7) is 8.64. The van der Waals surface area contributed by atoms with E-state index in [2.05, 4.69) is 77.6 Å². The number of nitrogens with zero attached hydrogens (tertiary/aromatic N) is 3. The van der Waals surface area contributed by atoms with E-state index in [9.17, 15) is 0 Å². The van der Waals surface area contributed by atoms with Crippen molar-refractivity contribution in [3.63, 3.8) is 0 Å². The fourth-order valence-electron chi connectivity index (χ4n) is 3.35. The van der Waals surface area contributed by atoms with E-state index < -0.39 is 0 Å². The number of piperidine rings is 1. The molecule has 2 N–H and O–H groups in total. The second-order valence-corrected chi connectivity index (χ2v) is 7.48. The van der Waals surface area contributed by atoms with Crippen LogP contribution in [0.3, 0.4) is 0 Å². The number of hydrogen-bond acceptors (Lipinski definition) is 3. The van der Waals surface area contributed by atoms with Gasteiger partial charge in [-0.1, -0.05) is 24.3 Å². The van der Waals surface area contributed by atoms with Crippen LogP contribution in [0.1, 0.15) is 37.8 Å². The Hall–Kier alpha value is -0.860. The van der Waals surface area contributed by atoms with Crippen molar-refractivity contribution in [1.29, 1.82) is 0 Å². The van der Waals surface area contributed by atoms with Crippen LogP contribution in [0.4, 0.5) is 0 Å². The third-order valence-electron chi connectivity index (χ3n) is 4.88. The number of halogens is 1. The molecule has 1 aromatic rings. The molecular weight excluding hydrogens is 437 g/mol. The standard InChI is InChI=1S/C20H35N5.HI/c1-16(2)25-12-10-19(11-13-25)23-20(21-3)22-14-17-8-6-7-9-18(17)15-24(4)5;/h6-9,16,19H,10-15H2,1-5H3,(H2,21,22,23);1H. The molecule has 26 heavy (non-hydrogen) atoms. The molecule has 0 saturated carbocycles. The molecule has 1 heterocycles. The summed E-state index contributed by atoms with van der Waals surface area (Å²) in [6, 6.07) is 9.77. The molecule has 0 unspecified atom stereocenters. The molecule has 1 aliphatic rings. The van der Waals surface area contributed by atoms with E-state index >= 15 is 0 Å². The van der Waals surface area contributed by atoms with E-state index in [1.165, 1.54) is 24.0 Å². The van der Waals surface area contributed by atoms with Crippen molar-refractivity contribution in [3.8, 4) is 0 Å². The Balaban J connectivity index is 0.00000338. The Bertz CT molecular complexity index is 551. The lowest BCUT2D eigenvalue weighted by Crippen LogP contribution is -2.49. The van der Waals surface area contributed by atoms with Gasteiger partial charge >= 0.3 is 0 Å². The monoisotopic (exact) mass is 473 g/mol. The third kappa shape index (κ3) is 7.40. The van der Waals surface area contributed by atoms with Crippen molar-refractivity contribution in [2.24, 2.45) is 4.99 Å². The Labute approximate surface area is 176 Å². The summed E-state index contributed by atoms with van der Waals surface area (Å²) in [5, 5.41) is 7.08. The van der Waals surface area contributed by atoms with Crippen molar-refractivity contribution in [1.82, 2.24) is 20.4 Å². The summed E-state index contributed by atoms with van der Waals surface area (Å²) < 4.78 is 0. The first kappa shape index (κ1) is 23.2. The maximum atomic E-state index is 4.41. The van der Waals surface area contributed by atoms with E-state index in [0.717, 1.165) is 32.1 Å². The first-order valence-corrected chi connectivity index (χ1v) is 9.42. The molecule has 1 fully saturated rings. The van der Waals surface area contributed by atoms with Crippen LogP contribution in [0.25, 0.3) is 0 Å². The second kappa shape index (κ2) is 11.8. The topological polar surface area (TPSA) is 42.9 Å². The van der Waals surface area contributed by atoms with Gasteiger partial charge in [0.05, 0.1) is 0 Å². The van der Waals surface area contributed by atoms with Crippen LogP contribution in [0, 0.1) is 0 Å². The van der Waals surface area contributed by atoms with Crippen molar-refractivity contribution in [2.45, 2.75) is 51.9 Å². The minimum Gasteiger partial charge on any atom is -0.354 e. The third-order valence-corrected chi connectivity index (χ3v) is 4.88. The molecule has 5 nitrogen and oxygen atoms in total. The SMILES string of the molecule is CN=C(NCc1ccccc1CN(C)C)NC1CCN(C(C)C)CC1.I. The van der Waals surface area contributed by atoms with Crippen LogP contribution >= 0.6 is 24.0 Å². The van der Waals surface area contributed by atoms with Crippen molar-refractivity contribution in [2.75, 3.05) is 34.2 Å². The second-order valence-electron chi connectivity index (χ2n) is 7.48. The van der Waals surface area contributed by atoms with Crippen LogP contribution in [0.5, 0.6) is 0 Å². The molecule has 0 aliphatic carbocycles. The number of nitrogens with one attached hydrogen (secondary N) is 2. The summed E-state index contributed by atoms with van der Waals surface area (Å²) in [7, 11) is 6.06. The van der Waals surface area contributed by atoms with Gasteiger partial charge < -0.3 is 20.4 Å². The summed E-state index contributed by atoms with van der Waals surface area (Å²) in [6.07, 6.45) is 2.35. The van der Waals surface area contributed by atoms with Gasteiger partial charge in [0.25, 0.3) is 0 Å². The molecule has 6 heteroatoms. The van der Waals surface area contributed by atoms with Crippen molar-refractivity contribution < 1.29 is 0 Å². The van der Waals surface area contributed by atoms with Gasteiger partial charge in [0, 0.05) is 45.3 Å². The minimum absolute atomic E-state index is 0. The quantitative estimate of drug-likeness (QED) is 0.379. The van der Waals surface area contributed by atoms with Crippen LogP contribution in [0.15, 0.2) is 29.3 Å². The highest BCUT2D eigenvalue weighted by molar-refractivity contribution is 14.0. The maximum Gasteiger partial charge on any atom is 0.191 e. The molecular formula is C20H36IN5. The Kier molecular flexibility index (Phi) is 10.5. The van der Waals surface area contributed by atoms with Crippen LogP contribution in [-0.4, -0.2) is 62.1 Å². The highest BCUT2D eigenvalue weighted by atomic mass is 127. The molecule has 0 spiro atoms. The Morgan fingerprint density at radius 1 is 1.19 bits per heavy atom. The maximum absolute atomic E-state index is 4.41. The largest absolute Gasteiger partial charge is 0.354 e. The lowest BCUT2D eigenvalue weighted by Gasteiger charge is -2.35. The van der Waals surface area contributed by atoms with Gasteiger partial charge in [0.1, 0.15) is 0 Å². The van der Waals surface area contributed by atoms with Crippen LogP contribution in [0.2, 0.25) is 0 Å². The van der Waals surface area contributed by atoms with Crippen molar-refractivity contribution >= 4 is 29.9 Å². The van der Waals surface area contributed by atoms with Crippen LogP contribution < -0.4 is 10.6 Å². The average Bonchev–Trinajstić information content (AvgIpc) is 2.59. The average molecular weight is 473 g/mol. The number of hydrogen-bond donors (Lipinski definition) is 2. The summed E-state index contributed by atoms with van der Waals surface area (Å²) in [4.78, 5) is 9.16. The fraction of sp³-hybridized carbons (Fsp3) is 0.650. The predicted octanol–water partition coefficient (Wildman–Crippen LogP) is 2.90. The molecule has 148 valence electrons. The van der Waals surface area contributed by atoms with E-state index in [0.29, 0.717) is 12.1 Å². The molecule has 0 atom stereocenters. The molecule has 0 radical (unpaired) electrons. The van der Waals surface area contributed by atoms with Gasteiger partial charge in [-0.25, -0.2) is 0 Å². The van der Waals surface area contributed by atoms with Gasteiger partial charge in [-0.3, -0.25) is 4.99 Å². The molecule has 1 aromatic carbocycles. The van der Waals surface area contributed by atoms with E-state index in [1.807, 2.05) is 7.05 Å². The molecule has 1 aliphatic heterocycles. The number of benzene rings is 1. The zero-order valence-electron chi connectivity index (χ0n) is 17.0. The first-order chi connectivity index (χ1) is 12.0. The van der Waals surface area contributed by atoms with Gasteiger partial charge in [0.2, 0.25) is 0 Å². The van der Waals surface area contributed by atoms with Gasteiger partial charge in [-0.2, -0.15) is 0 Å². The zero-order valence-corrected chi connectivity index (χ0v) is 19.3. The number of rotatable bonds is 6. The van der Waals surface area contributed by atoms with Gasteiger partial charge in [-0.05, 0) is 51.9 Å². The van der Waals surface area contributed by atoms with E-state index in [1.54, 1.807) is 0 Å². The lowest BCUT2D eigenvalue weighted by molar-refractivity contribution is 0.167. The number of likely N-dealkylation sites (tertiary alicyclic amines) is 1. The molecule has 0 amide bonds. The van der Waals surface area contributed by atoms with Crippen LogP contribution in [-0.2, 0) is 13.1 Å². The molecule has 0 aromatic heterocycles.